The molecule has 224 valence electrons. The van der Waals surface area contributed by atoms with Crippen LogP contribution in [0.25, 0.3) is 21.0 Å². The van der Waals surface area contributed by atoms with Gasteiger partial charge in [0, 0.05) is 36.2 Å². The van der Waals surface area contributed by atoms with Crippen molar-refractivity contribution < 1.29 is 22.7 Å². The fourth-order valence-electron chi connectivity index (χ4n) is 6.37. The van der Waals surface area contributed by atoms with Crippen LogP contribution in [0.4, 0.5) is 5.69 Å². The van der Waals surface area contributed by atoms with Gasteiger partial charge < -0.3 is 19.7 Å². The summed E-state index contributed by atoms with van der Waals surface area (Å²) in [6.07, 6.45) is 5.03. The van der Waals surface area contributed by atoms with E-state index in [4.69, 9.17) is 14.5 Å². The first kappa shape index (κ1) is 28.2. The molecule has 4 aliphatic rings. The van der Waals surface area contributed by atoms with Gasteiger partial charge in [0.15, 0.2) is 21.3 Å². The number of rotatable bonds is 6. The number of hydrogen-bond acceptors (Lipinski definition) is 9. The van der Waals surface area contributed by atoms with Gasteiger partial charge in [-0.2, -0.15) is 5.26 Å². The van der Waals surface area contributed by atoms with Crippen molar-refractivity contribution in [3.05, 3.63) is 48.2 Å². The topological polar surface area (TPSA) is 122 Å². The zero-order valence-corrected chi connectivity index (χ0v) is 25.5. The third kappa shape index (κ3) is 5.70. The molecule has 2 aliphatic carbocycles. The van der Waals surface area contributed by atoms with E-state index in [2.05, 4.69) is 40.6 Å². The molecule has 3 aromatic rings. The maximum atomic E-state index is 13.6. The molecule has 1 saturated heterocycles. The number of sulfone groups is 1. The molecule has 1 amide bonds. The average molecular weight is 619 g/mol. The third-order valence-electron chi connectivity index (χ3n) is 9.06. The van der Waals surface area contributed by atoms with Crippen LogP contribution in [0.1, 0.15) is 50.1 Å². The zero-order chi connectivity index (χ0) is 29.6. The fraction of sp³-hybridized carbons (Fsp3) is 0.469. The molecule has 11 heteroatoms. The summed E-state index contributed by atoms with van der Waals surface area (Å²) in [7, 11) is -2.96. The summed E-state index contributed by atoms with van der Waals surface area (Å²) >= 11 is 1.61. The van der Waals surface area contributed by atoms with Crippen molar-refractivity contribution in [3.63, 3.8) is 0 Å². The molecule has 2 aromatic carbocycles. The van der Waals surface area contributed by atoms with Crippen molar-refractivity contribution in [3.8, 4) is 38.6 Å². The number of amides is 1. The predicted octanol–water partition coefficient (Wildman–Crippen LogP) is 4.93. The minimum absolute atomic E-state index is 0.0426. The first-order chi connectivity index (χ1) is 20.8. The Labute approximate surface area is 255 Å². The molecule has 2 atom stereocenters. The molecule has 7 rings (SSSR count). The highest BCUT2D eigenvalue weighted by Gasteiger charge is 2.47. The summed E-state index contributed by atoms with van der Waals surface area (Å²) in [6, 6.07) is 16.5. The molecular formula is C32H34N4O5S2. The second kappa shape index (κ2) is 11.1. The quantitative estimate of drug-likeness (QED) is 0.413. The molecule has 0 bridgehead atoms. The lowest BCUT2D eigenvalue weighted by molar-refractivity contribution is -0.127. The highest BCUT2D eigenvalue weighted by molar-refractivity contribution is 7.91. The number of nitriles is 1. The van der Waals surface area contributed by atoms with E-state index in [1.54, 1.807) is 11.3 Å². The van der Waals surface area contributed by atoms with Gasteiger partial charge in [0.25, 0.3) is 0 Å². The molecule has 2 saturated carbocycles. The Hall–Kier alpha value is -3.62. The molecule has 1 aromatic heterocycles. The lowest BCUT2D eigenvalue weighted by Crippen LogP contribution is -2.42. The lowest BCUT2D eigenvalue weighted by atomic mass is 9.76. The van der Waals surface area contributed by atoms with E-state index in [-0.39, 0.29) is 29.2 Å². The average Bonchev–Trinajstić information content (AvgIpc) is 3.67. The molecule has 1 N–H and O–H groups in total. The van der Waals surface area contributed by atoms with Crippen molar-refractivity contribution in [1.29, 1.82) is 5.26 Å². The van der Waals surface area contributed by atoms with Crippen LogP contribution < -0.4 is 19.7 Å². The maximum Gasteiger partial charge on any atom is 0.225 e. The molecule has 9 nitrogen and oxygen atoms in total. The van der Waals surface area contributed by atoms with Crippen LogP contribution in [0.3, 0.4) is 0 Å². The lowest BCUT2D eigenvalue weighted by Gasteiger charge is -2.31. The second-order valence-electron chi connectivity index (χ2n) is 12.0. The largest absolute Gasteiger partial charge is 0.486 e. The van der Waals surface area contributed by atoms with Gasteiger partial charge in [-0.3, -0.25) is 4.79 Å². The molecule has 0 radical (unpaired) electrons. The monoisotopic (exact) mass is 618 g/mol. The summed E-state index contributed by atoms with van der Waals surface area (Å²) in [5.74, 6) is 1.42. The number of ether oxygens (including phenoxy) is 2. The minimum Gasteiger partial charge on any atom is -0.486 e. The predicted molar refractivity (Wildman–Crippen MR) is 165 cm³/mol. The van der Waals surface area contributed by atoms with Gasteiger partial charge in [0.2, 0.25) is 5.91 Å². The van der Waals surface area contributed by atoms with E-state index in [1.807, 2.05) is 18.2 Å². The summed E-state index contributed by atoms with van der Waals surface area (Å²) in [6.45, 7) is 2.01. The Balaban J connectivity index is 1.24. The molecule has 2 aliphatic heterocycles. The van der Waals surface area contributed by atoms with Crippen LogP contribution in [0.2, 0.25) is 0 Å². The number of hydrogen-bond donors (Lipinski definition) is 1. The highest BCUT2D eigenvalue weighted by atomic mass is 32.2. The SMILES string of the molecule is N#CC1(NC(=O)C2CCCCC2c2nc(-c3ccc4c(c3)OCCO4)sc2-c2ccc(N3CCS(=O)(=O)CC3)cc2)CC1. The van der Waals surface area contributed by atoms with Crippen LogP contribution in [-0.4, -0.2) is 62.7 Å². The number of nitrogens with one attached hydrogen (secondary N) is 1. The summed E-state index contributed by atoms with van der Waals surface area (Å²) in [5, 5.41) is 13.5. The molecule has 3 fully saturated rings. The van der Waals surface area contributed by atoms with Gasteiger partial charge >= 0.3 is 0 Å². The number of thiazole rings is 1. The Morgan fingerprint density at radius 1 is 1.00 bits per heavy atom. The van der Waals surface area contributed by atoms with E-state index in [0.29, 0.717) is 44.9 Å². The zero-order valence-electron chi connectivity index (χ0n) is 23.9. The van der Waals surface area contributed by atoms with E-state index in [0.717, 1.165) is 63.8 Å². The number of anilines is 1. The van der Waals surface area contributed by atoms with Gasteiger partial charge in [0.05, 0.1) is 28.1 Å². The van der Waals surface area contributed by atoms with Gasteiger partial charge in [-0.15, -0.1) is 11.3 Å². The van der Waals surface area contributed by atoms with Gasteiger partial charge in [-0.05, 0) is 61.6 Å². The van der Waals surface area contributed by atoms with Gasteiger partial charge in [-0.1, -0.05) is 25.0 Å². The van der Waals surface area contributed by atoms with Crippen LogP contribution in [0.15, 0.2) is 42.5 Å². The summed E-state index contributed by atoms with van der Waals surface area (Å²) in [5.41, 5.74) is 3.17. The van der Waals surface area contributed by atoms with Crippen molar-refractivity contribution in [2.45, 2.75) is 50.0 Å². The number of fused-ring (bicyclic) bond motifs is 1. The highest BCUT2D eigenvalue weighted by Crippen LogP contribution is 2.47. The van der Waals surface area contributed by atoms with Crippen LogP contribution in [0.5, 0.6) is 11.5 Å². The standard InChI is InChI=1S/C32H34N4O5S2/c33-20-32(11-12-32)35-30(37)25-4-2-1-3-24(25)28-29(21-5-8-23(9-6-21)36-13-17-43(38,39)18-14-36)42-31(34-28)22-7-10-26-27(19-22)41-16-15-40-26/h5-10,19,24-25H,1-4,11-18H2,(H,35,37). The maximum absolute atomic E-state index is 13.6. The molecule has 3 heterocycles. The van der Waals surface area contributed by atoms with E-state index < -0.39 is 15.4 Å². The van der Waals surface area contributed by atoms with Crippen molar-refractivity contribution in [2.75, 3.05) is 42.7 Å². The third-order valence-corrected chi connectivity index (χ3v) is 11.8. The Bertz CT molecular complexity index is 1680. The van der Waals surface area contributed by atoms with E-state index >= 15 is 0 Å². The number of nitrogens with zero attached hydrogens (tertiary/aromatic N) is 3. The first-order valence-corrected chi connectivity index (χ1v) is 17.7. The van der Waals surface area contributed by atoms with Crippen molar-refractivity contribution in [2.24, 2.45) is 5.92 Å². The summed E-state index contributed by atoms with van der Waals surface area (Å²) < 4.78 is 35.4. The molecule has 43 heavy (non-hydrogen) atoms. The molecule has 2 unspecified atom stereocenters. The number of aromatic nitrogens is 1. The fourth-order valence-corrected chi connectivity index (χ4v) is 8.71. The number of carbonyl (C=O) groups excluding carboxylic acids is 1. The van der Waals surface area contributed by atoms with Crippen LogP contribution in [0, 0.1) is 17.2 Å². The van der Waals surface area contributed by atoms with Crippen LogP contribution in [-0.2, 0) is 14.6 Å². The van der Waals surface area contributed by atoms with Crippen LogP contribution >= 0.6 is 11.3 Å². The smallest absolute Gasteiger partial charge is 0.225 e. The van der Waals surface area contributed by atoms with Crippen molar-refractivity contribution >= 4 is 32.8 Å². The molecule has 0 spiro atoms. The van der Waals surface area contributed by atoms with Gasteiger partial charge in [-0.25, -0.2) is 13.4 Å². The number of benzene rings is 2. The van der Waals surface area contributed by atoms with Gasteiger partial charge in [0.1, 0.15) is 23.8 Å². The molecular weight excluding hydrogens is 585 g/mol. The van der Waals surface area contributed by atoms with E-state index in [9.17, 15) is 18.5 Å². The number of carbonyl (C=O) groups is 1. The van der Waals surface area contributed by atoms with E-state index in [1.165, 1.54) is 0 Å². The summed E-state index contributed by atoms with van der Waals surface area (Å²) in [4.78, 5) is 21.9. The Kier molecular flexibility index (Phi) is 7.30. The normalized spacial score (nSPS) is 23.7. The second-order valence-corrected chi connectivity index (χ2v) is 15.3. The minimum atomic E-state index is -2.96. The Morgan fingerprint density at radius 2 is 1.70 bits per heavy atom. The first-order valence-electron chi connectivity index (χ1n) is 15.0. The van der Waals surface area contributed by atoms with Crippen molar-refractivity contribution in [1.82, 2.24) is 10.3 Å². The Morgan fingerprint density at radius 3 is 2.42 bits per heavy atom.